The Labute approximate surface area is 163 Å². The Morgan fingerprint density at radius 2 is 2.18 bits per heavy atom. The number of aromatic amines is 1. The zero-order chi connectivity index (χ0) is 19.7. The van der Waals surface area contributed by atoms with Crippen LogP contribution in [-0.4, -0.2) is 81.6 Å². The predicted octanol–water partition coefficient (Wildman–Crippen LogP) is 0.278. The van der Waals surface area contributed by atoms with Gasteiger partial charge in [-0.15, -0.1) is 0 Å². The maximum Gasteiger partial charge on any atom is 0.234 e. The third-order valence-corrected chi connectivity index (χ3v) is 5.99. The minimum Gasteiger partial charge on any atom is -0.389 e. The van der Waals surface area contributed by atoms with E-state index in [0.29, 0.717) is 25.9 Å². The van der Waals surface area contributed by atoms with Crippen molar-refractivity contribution in [2.24, 2.45) is 0 Å². The summed E-state index contributed by atoms with van der Waals surface area (Å²) in [6.45, 7) is 1.67. The maximum absolute atomic E-state index is 12.7. The van der Waals surface area contributed by atoms with Gasteiger partial charge in [-0.2, -0.15) is 0 Å². The van der Waals surface area contributed by atoms with Crippen LogP contribution in [0.3, 0.4) is 0 Å². The molecule has 2 aromatic rings. The van der Waals surface area contributed by atoms with E-state index in [1.165, 1.54) is 0 Å². The average molecular weight is 385 g/mol. The summed E-state index contributed by atoms with van der Waals surface area (Å²) in [4.78, 5) is 35.8. The van der Waals surface area contributed by atoms with Gasteiger partial charge in [0.15, 0.2) is 0 Å². The zero-order valence-corrected chi connectivity index (χ0v) is 16.1. The minimum atomic E-state index is -0.633. The fraction of sp³-hybridized carbons (Fsp3) is 0.550. The number of aliphatic hydroxyl groups is 1. The number of imidazole rings is 1. The van der Waals surface area contributed by atoms with Gasteiger partial charge < -0.3 is 20.3 Å². The van der Waals surface area contributed by atoms with Crippen LogP contribution in [0.25, 0.3) is 11.0 Å². The number of carbonyl (C=O) groups is 2. The summed E-state index contributed by atoms with van der Waals surface area (Å²) in [5.41, 5.74) is 1.87. The Bertz CT molecular complexity index is 833. The Kier molecular flexibility index (Phi) is 5.32. The van der Waals surface area contributed by atoms with Crippen LogP contribution in [0.4, 0.5) is 0 Å². The number of likely N-dealkylation sites (N-methyl/N-ethyl adjacent to an activating group) is 1. The molecule has 0 unspecified atom stereocenters. The number of amides is 2. The third kappa shape index (κ3) is 3.74. The van der Waals surface area contributed by atoms with E-state index in [1.54, 1.807) is 11.9 Å². The number of hydrogen-bond donors (Lipinski definition) is 3. The lowest BCUT2D eigenvalue weighted by Gasteiger charge is -2.35. The van der Waals surface area contributed by atoms with Crippen LogP contribution >= 0.6 is 0 Å². The van der Waals surface area contributed by atoms with Crippen LogP contribution in [0, 0.1) is 0 Å². The van der Waals surface area contributed by atoms with Gasteiger partial charge in [-0.05, 0) is 25.0 Å². The van der Waals surface area contributed by atoms with Gasteiger partial charge in [0, 0.05) is 39.0 Å². The summed E-state index contributed by atoms with van der Waals surface area (Å²) < 4.78 is 0. The molecule has 2 aliphatic rings. The molecule has 3 N–H and O–H groups in total. The Hall–Kier alpha value is -2.45. The lowest BCUT2D eigenvalue weighted by atomic mass is 10.1. The summed E-state index contributed by atoms with van der Waals surface area (Å²) in [6.07, 6.45) is 1.79. The van der Waals surface area contributed by atoms with Crippen molar-refractivity contribution in [2.75, 3.05) is 26.7 Å². The number of carbonyl (C=O) groups excluding carboxylic acids is 2. The molecule has 0 bridgehead atoms. The predicted molar refractivity (Wildman–Crippen MR) is 105 cm³/mol. The van der Waals surface area contributed by atoms with Crippen LogP contribution in [0.15, 0.2) is 24.3 Å². The summed E-state index contributed by atoms with van der Waals surface area (Å²) >= 11 is 0. The first-order valence-electron chi connectivity index (χ1n) is 9.91. The van der Waals surface area contributed by atoms with Gasteiger partial charge in [-0.3, -0.25) is 14.5 Å². The van der Waals surface area contributed by atoms with Crippen LogP contribution in [0.5, 0.6) is 0 Å². The van der Waals surface area contributed by atoms with Gasteiger partial charge >= 0.3 is 0 Å². The number of fused-ring (bicyclic) bond motifs is 1. The highest BCUT2D eigenvalue weighted by atomic mass is 16.3. The van der Waals surface area contributed by atoms with Gasteiger partial charge in [0.25, 0.3) is 0 Å². The highest BCUT2D eigenvalue weighted by Crippen LogP contribution is 2.29. The summed E-state index contributed by atoms with van der Waals surface area (Å²) in [7, 11) is 1.76. The monoisotopic (exact) mass is 385 g/mol. The smallest absolute Gasteiger partial charge is 0.234 e. The van der Waals surface area contributed by atoms with Gasteiger partial charge in [0.1, 0.15) is 5.82 Å². The van der Waals surface area contributed by atoms with Gasteiger partial charge in [-0.25, -0.2) is 4.98 Å². The average Bonchev–Trinajstić information content (AvgIpc) is 3.28. The lowest BCUT2D eigenvalue weighted by molar-refractivity contribution is -0.135. The SMILES string of the molecule is CN(C(=O)CCc1nc2ccccc2[nH]1)[C@@H]1CC[C@@H](N2CCNC(=O)C2)[C@@H]1O. The number of aliphatic hydroxyl groups excluding tert-OH is 1. The van der Waals surface area contributed by atoms with Crippen LogP contribution in [0.2, 0.25) is 0 Å². The van der Waals surface area contributed by atoms with Gasteiger partial charge in [0.2, 0.25) is 11.8 Å². The van der Waals surface area contributed by atoms with E-state index in [2.05, 4.69) is 15.3 Å². The number of para-hydroxylation sites is 2. The number of benzene rings is 1. The number of aryl methyl sites for hydroxylation is 1. The molecule has 1 aliphatic carbocycles. The van der Waals surface area contributed by atoms with Crippen molar-refractivity contribution in [3.05, 3.63) is 30.1 Å². The molecule has 1 saturated heterocycles. The van der Waals surface area contributed by atoms with E-state index in [0.717, 1.165) is 36.2 Å². The molecule has 4 rings (SSSR count). The number of hydrogen-bond acceptors (Lipinski definition) is 5. The molecule has 1 aromatic heterocycles. The molecule has 2 fully saturated rings. The van der Waals surface area contributed by atoms with Crippen molar-refractivity contribution in [3.63, 3.8) is 0 Å². The van der Waals surface area contributed by atoms with E-state index in [9.17, 15) is 14.7 Å². The standard InChI is InChI=1S/C20H27N5O3/c1-24(15-6-7-16(20(15)28)25-11-10-21-18(26)12-25)19(27)9-8-17-22-13-4-2-3-5-14(13)23-17/h2-5,15-16,20,28H,6-12H2,1H3,(H,21,26)(H,22,23)/t15-,16-,20-/m1/s1. The molecular formula is C20H27N5O3. The number of rotatable bonds is 5. The summed E-state index contributed by atoms with van der Waals surface area (Å²) in [5.74, 6) is 0.797. The highest BCUT2D eigenvalue weighted by molar-refractivity contribution is 5.79. The second kappa shape index (κ2) is 7.89. The first-order chi connectivity index (χ1) is 13.5. The molecule has 1 aromatic carbocycles. The van der Waals surface area contributed by atoms with Crippen molar-refractivity contribution >= 4 is 22.8 Å². The number of piperazine rings is 1. The Morgan fingerprint density at radius 3 is 2.96 bits per heavy atom. The first kappa shape index (κ1) is 18.9. The van der Waals surface area contributed by atoms with Crippen LogP contribution in [0.1, 0.15) is 25.1 Å². The molecule has 1 saturated carbocycles. The molecule has 8 heteroatoms. The first-order valence-corrected chi connectivity index (χ1v) is 9.91. The molecule has 8 nitrogen and oxygen atoms in total. The molecule has 0 radical (unpaired) electrons. The molecule has 2 heterocycles. The van der Waals surface area contributed by atoms with Crippen molar-refractivity contribution < 1.29 is 14.7 Å². The van der Waals surface area contributed by atoms with Crippen LogP contribution in [-0.2, 0) is 16.0 Å². The van der Waals surface area contributed by atoms with Crippen molar-refractivity contribution in [2.45, 2.75) is 43.9 Å². The van der Waals surface area contributed by atoms with Crippen molar-refractivity contribution in [1.29, 1.82) is 0 Å². The van der Waals surface area contributed by atoms with E-state index in [1.807, 2.05) is 29.2 Å². The number of aromatic nitrogens is 2. The zero-order valence-electron chi connectivity index (χ0n) is 16.1. The molecular weight excluding hydrogens is 358 g/mol. The highest BCUT2D eigenvalue weighted by Gasteiger charge is 2.42. The van der Waals surface area contributed by atoms with Crippen LogP contribution < -0.4 is 5.32 Å². The topological polar surface area (TPSA) is 102 Å². The second-order valence-electron chi connectivity index (χ2n) is 7.73. The molecule has 150 valence electrons. The third-order valence-electron chi connectivity index (χ3n) is 5.99. The largest absolute Gasteiger partial charge is 0.389 e. The fourth-order valence-electron chi connectivity index (χ4n) is 4.41. The van der Waals surface area contributed by atoms with E-state index >= 15 is 0 Å². The number of nitrogens with zero attached hydrogens (tertiary/aromatic N) is 3. The molecule has 0 spiro atoms. The van der Waals surface area contributed by atoms with Gasteiger partial charge in [0.05, 0.1) is 29.7 Å². The molecule has 2 amide bonds. The second-order valence-corrected chi connectivity index (χ2v) is 7.73. The number of nitrogens with one attached hydrogen (secondary N) is 2. The summed E-state index contributed by atoms with van der Waals surface area (Å²) in [6, 6.07) is 7.53. The summed E-state index contributed by atoms with van der Waals surface area (Å²) in [5, 5.41) is 13.6. The van der Waals surface area contributed by atoms with E-state index < -0.39 is 6.10 Å². The Balaban J connectivity index is 1.33. The maximum atomic E-state index is 12.7. The molecule has 28 heavy (non-hydrogen) atoms. The minimum absolute atomic E-state index is 0.00143. The van der Waals surface area contributed by atoms with Gasteiger partial charge in [-0.1, -0.05) is 12.1 Å². The lowest BCUT2D eigenvalue weighted by Crippen LogP contribution is -2.55. The van der Waals surface area contributed by atoms with E-state index in [-0.39, 0.29) is 23.9 Å². The molecule has 3 atom stereocenters. The van der Waals surface area contributed by atoms with Crippen molar-refractivity contribution in [1.82, 2.24) is 25.1 Å². The quantitative estimate of drug-likeness (QED) is 0.686. The number of H-pyrrole nitrogens is 1. The Morgan fingerprint density at radius 1 is 1.36 bits per heavy atom. The van der Waals surface area contributed by atoms with E-state index in [4.69, 9.17) is 0 Å². The molecule has 1 aliphatic heterocycles. The normalized spacial score (nSPS) is 25.8. The fourth-order valence-corrected chi connectivity index (χ4v) is 4.41. The van der Waals surface area contributed by atoms with Crippen molar-refractivity contribution in [3.8, 4) is 0 Å².